The molecule has 4 heteroatoms. The number of thiophene rings is 1. The third-order valence-corrected chi connectivity index (χ3v) is 4.41. The quantitative estimate of drug-likeness (QED) is 0.763. The van der Waals surface area contributed by atoms with E-state index in [1.807, 2.05) is 41.8 Å². The Balaban J connectivity index is 1.84. The van der Waals surface area contributed by atoms with Crippen molar-refractivity contribution >= 4 is 28.2 Å². The fraction of sp³-hybridized carbons (Fsp3) is 0.235. The second kappa shape index (κ2) is 5.74. The largest absolute Gasteiger partial charge is 0.451 e. The number of fused-ring (bicyclic) bond motifs is 1. The van der Waals surface area contributed by atoms with E-state index < -0.39 is 0 Å². The summed E-state index contributed by atoms with van der Waals surface area (Å²) < 4.78 is 5.62. The molecule has 108 valence electrons. The standard InChI is InChI=1S/C17H17NO2S/c1-11(2)16(15-8-5-9-21-15)18-17(19)14-10-12-6-3-4-7-13(12)20-14/h3-11,16H,1-2H3,(H,18,19)/t16-/m1/s1. The van der Waals surface area contributed by atoms with Crippen molar-refractivity contribution in [1.29, 1.82) is 0 Å². The average Bonchev–Trinajstić information content (AvgIpc) is 3.12. The van der Waals surface area contributed by atoms with Gasteiger partial charge in [0.15, 0.2) is 5.76 Å². The topological polar surface area (TPSA) is 42.2 Å². The molecule has 1 N–H and O–H groups in total. The predicted octanol–water partition coefficient (Wildman–Crippen LogP) is 4.62. The highest BCUT2D eigenvalue weighted by molar-refractivity contribution is 7.10. The number of para-hydroxylation sites is 1. The summed E-state index contributed by atoms with van der Waals surface area (Å²) in [7, 11) is 0. The minimum atomic E-state index is -0.168. The molecule has 0 unspecified atom stereocenters. The van der Waals surface area contributed by atoms with Gasteiger partial charge in [-0.3, -0.25) is 4.79 Å². The number of amides is 1. The lowest BCUT2D eigenvalue weighted by atomic mass is 10.0. The maximum atomic E-state index is 12.4. The molecule has 3 nitrogen and oxygen atoms in total. The molecule has 1 atom stereocenters. The van der Waals surface area contributed by atoms with Crippen LogP contribution in [0, 0.1) is 5.92 Å². The van der Waals surface area contributed by atoms with E-state index >= 15 is 0 Å². The number of carbonyl (C=O) groups excluding carboxylic acids is 1. The first-order valence-electron chi connectivity index (χ1n) is 6.98. The fourth-order valence-corrected chi connectivity index (χ4v) is 3.29. The van der Waals surface area contributed by atoms with Crippen molar-refractivity contribution in [3.63, 3.8) is 0 Å². The van der Waals surface area contributed by atoms with Gasteiger partial charge in [-0.2, -0.15) is 0 Å². The van der Waals surface area contributed by atoms with Crippen LogP contribution in [0.4, 0.5) is 0 Å². The van der Waals surface area contributed by atoms with E-state index in [0.29, 0.717) is 11.7 Å². The van der Waals surface area contributed by atoms with Crippen molar-refractivity contribution in [2.45, 2.75) is 19.9 Å². The zero-order valence-electron chi connectivity index (χ0n) is 12.0. The zero-order valence-corrected chi connectivity index (χ0v) is 12.8. The molecule has 3 rings (SSSR count). The number of nitrogens with one attached hydrogen (secondary N) is 1. The van der Waals surface area contributed by atoms with Crippen molar-refractivity contribution in [1.82, 2.24) is 5.32 Å². The number of benzene rings is 1. The third kappa shape index (κ3) is 2.85. The molecule has 2 aromatic heterocycles. The van der Waals surface area contributed by atoms with Crippen LogP contribution in [0.3, 0.4) is 0 Å². The van der Waals surface area contributed by atoms with Gasteiger partial charge in [-0.25, -0.2) is 0 Å². The number of carbonyl (C=O) groups is 1. The molecule has 1 amide bonds. The summed E-state index contributed by atoms with van der Waals surface area (Å²) in [5.41, 5.74) is 0.736. The molecule has 0 saturated carbocycles. The van der Waals surface area contributed by atoms with Crippen LogP contribution in [0.1, 0.15) is 35.3 Å². The minimum Gasteiger partial charge on any atom is -0.451 e. The Morgan fingerprint density at radius 3 is 2.67 bits per heavy atom. The summed E-state index contributed by atoms with van der Waals surface area (Å²) in [6.45, 7) is 4.20. The van der Waals surface area contributed by atoms with Gasteiger partial charge in [-0.05, 0) is 29.5 Å². The van der Waals surface area contributed by atoms with Crippen molar-refractivity contribution in [3.05, 3.63) is 58.5 Å². The summed E-state index contributed by atoms with van der Waals surface area (Å²) in [6.07, 6.45) is 0. The van der Waals surface area contributed by atoms with Gasteiger partial charge in [-0.1, -0.05) is 38.1 Å². The fourth-order valence-electron chi connectivity index (χ4n) is 2.34. The SMILES string of the molecule is CC(C)[C@@H](NC(=O)c1cc2ccccc2o1)c1cccs1. The van der Waals surface area contributed by atoms with E-state index in [-0.39, 0.29) is 11.9 Å². The normalized spacial score (nSPS) is 12.7. The lowest BCUT2D eigenvalue weighted by Gasteiger charge is -2.20. The lowest BCUT2D eigenvalue weighted by Crippen LogP contribution is -2.30. The van der Waals surface area contributed by atoms with Crippen LogP contribution in [-0.4, -0.2) is 5.91 Å². The molecule has 21 heavy (non-hydrogen) atoms. The molecule has 2 heterocycles. The first kappa shape index (κ1) is 13.9. The summed E-state index contributed by atoms with van der Waals surface area (Å²) in [6, 6.07) is 13.5. The number of hydrogen-bond donors (Lipinski definition) is 1. The van der Waals surface area contributed by atoms with Crippen LogP contribution in [0.25, 0.3) is 11.0 Å². The maximum absolute atomic E-state index is 12.4. The maximum Gasteiger partial charge on any atom is 0.287 e. The summed E-state index contributed by atoms with van der Waals surface area (Å²) in [4.78, 5) is 13.6. The number of furan rings is 1. The van der Waals surface area contributed by atoms with E-state index in [1.165, 1.54) is 0 Å². The average molecular weight is 299 g/mol. The molecule has 0 saturated heterocycles. The molecule has 0 spiro atoms. The third-order valence-electron chi connectivity index (χ3n) is 3.45. The van der Waals surface area contributed by atoms with Gasteiger partial charge in [0.25, 0.3) is 5.91 Å². The Labute approximate surface area is 127 Å². The minimum absolute atomic E-state index is 0.00529. The Bertz CT molecular complexity index is 710. The smallest absolute Gasteiger partial charge is 0.287 e. The van der Waals surface area contributed by atoms with Gasteiger partial charge in [0, 0.05) is 10.3 Å². The van der Waals surface area contributed by atoms with Crippen LogP contribution in [0.2, 0.25) is 0 Å². The molecule has 0 aliphatic heterocycles. The van der Waals surface area contributed by atoms with Crippen LogP contribution in [0.5, 0.6) is 0 Å². The molecule has 0 aliphatic rings. The van der Waals surface area contributed by atoms with Gasteiger partial charge in [0.05, 0.1) is 6.04 Å². The molecule has 0 aliphatic carbocycles. The van der Waals surface area contributed by atoms with Gasteiger partial charge in [0.1, 0.15) is 5.58 Å². The zero-order chi connectivity index (χ0) is 14.8. The van der Waals surface area contributed by atoms with E-state index in [0.717, 1.165) is 15.8 Å². The molecular weight excluding hydrogens is 282 g/mol. The molecule has 0 bridgehead atoms. The Morgan fingerprint density at radius 1 is 1.19 bits per heavy atom. The van der Waals surface area contributed by atoms with Crippen LogP contribution < -0.4 is 5.32 Å². The molecule has 1 aromatic carbocycles. The molecule has 0 fully saturated rings. The highest BCUT2D eigenvalue weighted by Gasteiger charge is 2.21. The monoisotopic (exact) mass is 299 g/mol. The Kier molecular flexibility index (Phi) is 3.80. The van der Waals surface area contributed by atoms with E-state index in [9.17, 15) is 4.79 Å². The number of rotatable bonds is 4. The second-order valence-electron chi connectivity index (χ2n) is 5.36. The molecule has 0 radical (unpaired) electrons. The van der Waals surface area contributed by atoms with Crippen LogP contribution >= 0.6 is 11.3 Å². The van der Waals surface area contributed by atoms with Gasteiger partial charge in [-0.15, -0.1) is 11.3 Å². The number of hydrogen-bond acceptors (Lipinski definition) is 3. The highest BCUT2D eigenvalue weighted by Crippen LogP contribution is 2.27. The Hall–Kier alpha value is -2.07. The lowest BCUT2D eigenvalue weighted by molar-refractivity contribution is 0.0900. The summed E-state index contributed by atoms with van der Waals surface area (Å²) in [5, 5.41) is 6.04. The van der Waals surface area contributed by atoms with Gasteiger partial charge in [0.2, 0.25) is 0 Å². The van der Waals surface area contributed by atoms with Crippen molar-refractivity contribution in [2.24, 2.45) is 5.92 Å². The summed E-state index contributed by atoms with van der Waals surface area (Å²) >= 11 is 1.66. The van der Waals surface area contributed by atoms with Gasteiger partial charge >= 0.3 is 0 Å². The van der Waals surface area contributed by atoms with Crippen LogP contribution in [-0.2, 0) is 0 Å². The summed E-state index contributed by atoms with van der Waals surface area (Å²) in [5.74, 6) is 0.508. The van der Waals surface area contributed by atoms with E-state index in [2.05, 4.69) is 19.2 Å². The second-order valence-corrected chi connectivity index (χ2v) is 6.34. The van der Waals surface area contributed by atoms with Crippen LogP contribution in [0.15, 0.2) is 52.3 Å². The Morgan fingerprint density at radius 2 is 2.00 bits per heavy atom. The van der Waals surface area contributed by atoms with E-state index in [1.54, 1.807) is 17.4 Å². The van der Waals surface area contributed by atoms with Crippen molar-refractivity contribution in [3.8, 4) is 0 Å². The highest BCUT2D eigenvalue weighted by atomic mass is 32.1. The molecular formula is C17H17NO2S. The van der Waals surface area contributed by atoms with Crippen molar-refractivity contribution in [2.75, 3.05) is 0 Å². The van der Waals surface area contributed by atoms with Gasteiger partial charge < -0.3 is 9.73 Å². The first-order valence-corrected chi connectivity index (χ1v) is 7.86. The predicted molar refractivity (Wildman–Crippen MR) is 85.6 cm³/mol. The first-order chi connectivity index (χ1) is 10.1. The molecule has 3 aromatic rings. The van der Waals surface area contributed by atoms with E-state index in [4.69, 9.17) is 4.42 Å². The van der Waals surface area contributed by atoms with Crippen molar-refractivity contribution < 1.29 is 9.21 Å².